The Kier molecular flexibility index (Phi) is 4.12. The van der Waals surface area contributed by atoms with E-state index in [-0.39, 0.29) is 0 Å². The number of rotatable bonds is 2. The van der Waals surface area contributed by atoms with Crippen molar-refractivity contribution in [3.63, 3.8) is 0 Å². The highest BCUT2D eigenvalue weighted by molar-refractivity contribution is 6.42. The standard InChI is InChI=1S/C17H18Cl2N2/c1-20(2)14-9-12-5-3-4-6-17(12)21(11-14)13-7-8-15(18)16(19)10-13/h3-8,10,14H,9,11H2,1-2H3/t14-/m0/s1. The van der Waals surface area contributed by atoms with Crippen LogP contribution in [0, 0.1) is 0 Å². The van der Waals surface area contributed by atoms with Gasteiger partial charge in [-0.1, -0.05) is 41.4 Å². The number of hydrogen-bond acceptors (Lipinski definition) is 2. The summed E-state index contributed by atoms with van der Waals surface area (Å²) in [5, 5.41) is 1.19. The minimum atomic E-state index is 0.481. The first-order chi connectivity index (χ1) is 10.1. The lowest BCUT2D eigenvalue weighted by Crippen LogP contribution is -2.43. The van der Waals surface area contributed by atoms with Crippen molar-refractivity contribution in [3.05, 3.63) is 58.1 Å². The number of hydrogen-bond donors (Lipinski definition) is 0. The molecule has 1 atom stereocenters. The molecule has 2 aromatic rings. The fraction of sp³-hybridized carbons (Fsp3) is 0.294. The van der Waals surface area contributed by atoms with Crippen molar-refractivity contribution in [3.8, 4) is 0 Å². The van der Waals surface area contributed by atoms with Crippen LogP contribution in [0.15, 0.2) is 42.5 Å². The van der Waals surface area contributed by atoms with Crippen LogP contribution in [0.5, 0.6) is 0 Å². The Morgan fingerprint density at radius 2 is 1.81 bits per heavy atom. The molecule has 0 fully saturated rings. The van der Waals surface area contributed by atoms with E-state index in [9.17, 15) is 0 Å². The zero-order valence-corrected chi connectivity index (χ0v) is 13.7. The molecule has 0 radical (unpaired) electrons. The second-order valence-electron chi connectivity index (χ2n) is 5.66. The Labute approximate surface area is 135 Å². The summed E-state index contributed by atoms with van der Waals surface area (Å²) in [7, 11) is 4.26. The second kappa shape index (κ2) is 5.88. The van der Waals surface area contributed by atoms with Crippen molar-refractivity contribution in [1.82, 2.24) is 4.90 Å². The first-order valence-electron chi connectivity index (χ1n) is 7.03. The molecule has 0 spiro atoms. The normalized spacial score (nSPS) is 18.0. The van der Waals surface area contributed by atoms with Gasteiger partial charge in [-0.15, -0.1) is 0 Å². The highest BCUT2D eigenvalue weighted by Crippen LogP contribution is 2.36. The molecule has 4 heteroatoms. The Hall–Kier alpha value is -1.22. The van der Waals surface area contributed by atoms with Crippen molar-refractivity contribution < 1.29 is 0 Å². The van der Waals surface area contributed by atoms with E-state index in [1.54, 1.807) is 0 Å². The number of fused-ring (bicyclic) bond motifs is 1. The lowest BCUT2D eigenvalue weighted by molar-refractivity contribution is 0.291. The molecule has 2 nitrogen and oxygen atoms in total. The van der Waals surface area contributed by atoms with Crippen LogP contribution in [-0.2, 0) is 6.42 Å². The number of benzene rings is 2. The maximum absolute atomic E-state index is 6.19. The van der Waals surface area contributed by atoms with E-state index in [1.165, 1.54) is 11.3 Å². The van der Waals surface area contributed by atoms with Gasteiger partial charge in [0.15, 0.2) is 0 Å². The fourth-order valence-corrected chi connectivity index (χ4v) is 3.11. The molecule has 0 aromatic heterocycles. The van der Waals surface area contributed by atoms with E-state index in [1.807, 2.05) is 18.2 Å². The molecule has 1 aliphatic heterocycles. The molecule has 0 bridgehead atoms. The first kappa shape index (κ1) is 14.7. The SMILES string of the molecule is CN(C)[C@H]1Cc2ccccc2N(c2ccc(Cl)c(Cl)c2)C1. The molecule has 3 rings (SSSR count). The number of likely N-dealkylation sites (N-methyl/N-ethyl adjacent to an activating group) is 1. The maximum Gasteiger partial charge on any atom is 0.0613 e. The summed E-state index contributed by atoms with van der Waals surface area (Å²) in [6.07, 6.45) is 1.07. The molecule has 1 aliphatic rings. The molecular formula is C17H18Cl2N2. The minimum absolute atomic E-state index is 0.481. The molecule has 1 heterocycles. The summed E-state index contributed by atoms with van der Waals surface area (Å²) in [6, 6.07) is 14.9. The lowest BCUT2D eigenvalue weighted by Gasteiger charge is -2.39. The van der Waals surface area contributed by atoms with Crippen LogP contribution in [0.25, 0.3) is 0 Å². The number of anilines is 2. The van der Waals surface area contributed by atoms with Crippen molar-refractivity contribution in [1.29, 1.82) is 0 Å². The molecule has 0 saturated heterocycles. The third kappa shape index (κ3) is 2.89. The summed E-state index contributed by atoms with van der Waals surface area (Å²) in [6.45, 7) is 0.946. The molecule has 0 amide bonds. The molecular weight excluding hydrogens is 303 g/mol. The van der Waals surface area contributed by atoms with Crippen LogP contribution in [0.1, 0.15) is 5.56 Å². The summed E-state index contributed by atoms with van der Waals surface area (Å²) in [4.78, 5) is 4.60. The van der Waals surface area contributed by atoms with Gasteiger partial charge in [-0.25, -0.2) is 0 Å². The minimum Gasteiger partial charge on any atom is -0.340 e. The Morgan fingerprint density at radius 3 is 2.52 bits per heavy atom. The van der Waals surface area contributed by atoms with Gasteiger partial charge >= 0.3 is 0 Å². The van der Waals surface area contributed by atoms with Gasteiger partial charge in [0.2, 0.25) is 0 Å². The second-order valence-corrected chi connectivity index (χ2v) is 6.47. The molecule has 21 heavy (non-hydrogen) atoms. The van der Waals surface area contributed by atoms with Crippen LogP contribution >= 0.6 is 23.2 Å². The summed E-state index contributed by atoms with van der Waals surface area (Å²) in [5.74, 6) is 0. The first-order valence-corrected chi connectivity index (χ1v) is 7.79. The van der Waals surface area contributed by atoms with Gasteiger partial charge in [-0.05, 0) is 50.3 Å². The van der Waals surface area contributed by atoms with E-state index in [4.69, 9.17) is 23.2 Å². The Morgan fingerprint density at radius 1 is 1.05 bits per heavy atom. The highest BCUT2D eigenvalue weighted by Gasteiger charge is 2.26. The molecule has 2 aromatic carbocycles. The van der Waals surface area contributed by atoms with E-state index < -0.39 is 0 Å². The van der Waals surface area contributed by atoms with Gasteiger partial charge in [-0.2, -0.15) is 0 Å². The number of halogens is 2. The summed E-state index contributed by atoms with van der Waals surface area (Å²) >= 11 is 12.2. The van der Waals surface area contributed by atoms with Gasteiger partial charge in [0.25, 0.3) is 0 Å². The van der Waals surface area contributed by atoms with Gasteiger partial charge in [0, 0.05) is 24.0 Å². The van der Waals surface area contributed by atoms with E-state index in [0.717, 1.165) is 18.7 Å². The van der Waals surface area contributed by atoms with Crippen LogP contribution in [0.4, 0.5) is 11.4 Å². The van der Waals surface area contributed by atoms with Crippen molar-refractivity contribution >= 4 is 34.6 Å². The molecule has 0 unspecified atom stereocenters. The van der Waals surface area contributed by atoms with Crippen molar-refractivity contribution in [2.75, 3.05) is 25.5 Å². The van der Waals surface area contributed by atoms with Gasteiger partial charge in [0.1, 0.15) is 0 Å². The average Bonchev–Trinajstić information content (AvgIpc) is 2.49. The van der Waals surface area contributed by atoms with Crippen LogP contribution in [-0.4, -0.2) is 31.6 Å². The number of nitrogens with zero attached hydrogens (tertiary/aromatic N) is 2. The Balaban J connectivity index is 2.05. The van der Waals surface area contributed by atoms with Gasteiger partial charge < -0.3 is 9.80 Å². The monoisotopic (exact) mass is 320 g/mol. The van der Waals surface area contributed by atoms with Gasteiger partial charge in [-0.3, -0.25) is 0 Å². The van der Waals surface area contributed by atoms with E-state index in [2.05, 4.69) is 48.2 Å². The van der Waals surface area contributed by atoms with E-state index in [0.29, 0.717) is 16.1 Å². The fourth-order valence-electron chi connectivity index (χ4n) is 2.82. The topological polar surface area (TPSA) is 6.48 Å². The molecule has 110 valence electrons. The zero-order chi connectivity index (χ0) is 15.0. The van der Waals surface area contributed by atoms with Crippen LogP contribution in [0.3, 0.4) is 0 Å². The Bertz CT molecular complexity index is 655. The van der Waals surface area contributed by atoms with Gasteiger partial charge in [0.05, 0.1) is 10.0 Å². The largest absolute Gasteiger partial charge is 0.340 e. The van der Waals surface area contributed by atoms with Crippen LogP contribution in [0.2, 0.25) is 10.0 Å². The number of para-hydroxylation sites is 1. The van der Waals surface area contributed by atoms with Crippen molar-refractivity contribution in [2.45, 2.75) is 12.5 Å². The van der Waals surface area contributed by atoms with Crippen molar-refractivity contribution in [2.24, 2.45) is 0 Å². The zero-order valence-electron chi connectivity index (χ0n) is 12.2. The molecule has 0 N–H and O–H groups in total. The third-order valence-corrected chi connectivity index (χ3v) is 4.82. The molecule has 0 aliphatic carbocycles. The predicted molar refractivity (Wildman–Crippen MR) is 91.1 cm³/mol. The highest BCUT2D eigenvalue weighted by atomic mass is 35.5. The average molecular weight is 321 g/mol. The predicted octanol–water partition coefficient (Wildman–Crippen LogP) is 4.62. The smallest absolute Gasteiger partial charge is 0.0613 e. The maximum atomic E-state index is 6.19. The summed E-state index contributed by atoms with van der Waals surface area (Å²) < 4.78 is 0. The quantitative estimate of drug-likeness (QED) is 0.796. The lowest BCUT2D eigenvalue weighted by atomic mass is 9.96. The van der Waals surface area contributed by atoms with Crippen LogP contribution < -0.4 is 4.90 Å². The summed E-state index contributed by atoms with van der Waals surface area (Å²) in [5.41, 5.74) is 3.71. The van der Waals surface area contributed by atoms with E-state index >= 15 is 0 Å². The molecule has 0 saturated carbocycles. The third-order valence-electron chi connectivity index (χ3n) is 4.08.